The minimum Gasteiger partial charge on any atom is -0.388 e. The van der Waals surface area contributed by atoms with Crippen LogP contribution in [-0.2, 0) is 18.6 Å². The van der Waals surface area contributed by atoms with Crippen LogP contribution in [0.5, 0.6) is 0 Å². The van der Waals surface area contributed by atoms with Crippen molar-refractivity contribution in [3.8, 4) is 0 Å². The molecule has 0 atom stereocenters. The Labute approximate surface area is 91.1 Å². The predicted molar refractivity (Wildman–Crippen MR) is 50.7 cm³/mol. The predicted octanol–water partition coefficient (Wildman–Crippen LogP) is 1.63. The molecule has 0 unspecified atom stereocenters. The van der Waals surface area contributed by atoms with Crippen LogP contribution in [0, 0.1) is 0 Å². The van der Waals surface area contributed by atoms with E-state index in [1.54, 1.807) is 20.8 Å². The van der Waals surface area contributed by atoms with Gasteiger partial charge < -0.3 is 9.67 Å². The van der Waals surface area contributed by atoms with E-state index in [4.69, 9.17) is 5.11 Å². The molecule has 0 aliphatic heterocycles. The third-order valence-electron chi connectivity index (χ3n) is 1.97. The van der Waals surface area contributed by atoms with E-state index >= 15 is 0 Å². The van der Waals surface area contributed by atoms with Gasteiger partial charge in [0.15, 0.2) is 5.82 Å². The van der Waals surface area contributed by atoms with Gasteiger partial charge in [-0.05, 0) is 20.8 Å². The van der Waals surface area contributed by atoms with Crippen LogP contribution in [-0.4, -0.2) is 26.0 Å². The van der Waals surface area contributed by atoms with Gasteiger partial charge in [0.25, 0.3) is 0 Å². The maximum absolute atomic E-state index is 12.3. The topological polar surface area (TPSA) is 50.9 Å². The minimum atomic E-state index is -4.33. The number of halogens is 3. The van der Waals surface area contributed by atoms with E-state index in [0.717, 1.165) is 0 Å². The lowest BCUT2D eigenvalue weighted by atomic mass is 10.1. The number of hydrogen-bond donors (Lipinski definition) is 1. The van der Waals surface area contributed by atoms with Crippen molar-refractivity contribution in [3.63, 3.8) is 0 Å². The highest BCUT2D eigenvalue weighted by Crippen LogP contribution is 2.25. The van der Waals surface area contributed by atoms with Crippen molar-refractivity contribution in [2.75, 3.05) is 0 Å². The van der Waals surface area contributed by atoms with Crippen LogP contribution in [0.3, 0.4) is 0 Å². The summed E-state index contributed by atoms with van der Waals surface area (Å²) < 4.78 is 38.2. The van der Waals surface area contributed by atoms with E-state index in [2.05, 4.69) is 10.2 Å². The summed E-state index contributed by atoms with van der Waals surface area (Å²) in [6, 6.07) is 0. The van der Waals surface area contributed by atoms with Crippen LogP contribution in [0.25, 0.3) is 0 Å². The fraction of sp³-hybridized carbons (Fsp3) is 0.778. The number of aliphatic hydroxyl groups excluding tert-OH is 1. The molecule has 1 aromatic rings. The van der Waals surface area contributed by atoms with Gasteiger partial charge in [-0.1, -0.05) is 0 Å². The minimum absolute atomic E-state index is 0.145. The molecule has 0 aliphatic rings. The van der Waals surface area contributed by atoms with Gasteiger partial charge in [0.1, 0.15) is 18.9 Å². The molecule has 0 fully saturated rings. The van der Waals surface area contributed by atoms with Gasteiger partial charge in [-0.15, -0.1) is 10.2 Å². The molecular formula is C9H14F3N3O. The second-order valence-electron chi connectivity index (χ2n) is 4.49. The third-order valence-corrected chi connectivity index (χ3v) is 1.97. The first-order chi connectivity index (χ1) is 7.15. The molecule has 7 heteroatoms. The van der Waals surface area contributed by atoms with Crippen molar-refractivity contribution >= 4 is 0 Å². The van der Waals surface area contributed by atoms with Crippen molar-refractivity contribution in [2.45, 2.75) is 45.5 Å². The van der Waals surface area contributed by atoms with E-state index in [0.29, 0.717) is 0 Å². The Morgan fingerprint density at radius 2 is 1.62 bits per heavy atom. The van der Waals surface area contributed by atoms with Crippen LogP contribution in [0.4, 0.5) is 13.2 Å². The number of alkyl halides is 3. The standard InChI is InChI=1S/C9H14F3N3O/c1-8(2,3)15-6(4-9(10,11)12)13-14-7(15)5-16/h16H,4-5H2,1-3H3. The number of rotatable bonds is 2. The van der Waals surface area contributed by atoms with Gasteiger partial charge >= 0.3 is 6.18 Å². The smallest absolute Gasteiger partial charge is 0.388 e. The first-order valence-electron chi connectivity index (χ1n) is 4.76. The molecule has 92 valence electrons. The van der Waals surface area contributed by atoms with E-state index in [-0.39, 0.29) is 11.6 Å². The lowest BCUT2D eigenvalue weighted by molar-refractivity contribution is -0.129. The molecule has 1 N–H and O–H groups in total. The fourth-order valence-electron chi connectivity index (χ4n) is 1.52. The van der Waals surface area contributed by atoms with Crippen LogP contribution in [0.2, 0.25) is 0 Å². The highest BCUT2D eigenvalue weighted by Gasteiger charge is 2.33. The highest BCUT2D eigenvalue weighted by molar-refractivity contribution is 5.01. The summed E-state index contributed by atoms with van der Waals surface area (Å²) >= 11 is 0. The molecule has 0 aromatic carbocycles. The number of aromatic nitrogens is 3. The molecule has 0 saturated carbocycles. The van der Waals surface area contributed by atoms with Gasteiger partial charge in [-0.25, -0.2) is 0 Å². The van der Waals surface area contributed by atoms with Gasteiger partial charge in [-0.2, -0.15) is 13.2 Å². The Balaban J connectivity index is 3.16. The largest absolute Gasteiger partial charge is 0.396 e. The molecule has 0 spiro atoms. The van der Waals surface area contributed by atoms with Gasteiger partial charge in [0.2, 0.25) is 0 Å². The lowest BCUT2D eigenvalue weighted by Gasteiger charge is -2.24. The molecule has 0 radical (unpaired) electrons. The van der Waals surface area contributed by atoms with Gasteiger partial charge in [0, 0.05) is 5.54 Å². The van der Waals surface area contributed by atoms with Crippen molar-refractivity contribution < 1.29 is 18.3 Å². The molecule has 1 heterocycles. The first kappa shape index (κ1) is 13.0. The summed E-state index contributed by atoms with van der Waals surface area (Å²) in [5.74, 6) is -0.0317. The summed E-state index contributed by atoms with van der Waals surface area (Å²) in [4.78, 5) is 0. The Hall–Kier alpha value is -1.11. The van der Waals surface area contributed by atoms with Crippen molar-refractivity contribution in [1.29, 1.82) is 0 Å². The van der Waals surface area contributed by atoms with Crippen LogP contribution in [0.15, 0.2) is 0 Å². The molecule has 0 amide bonds. The number of aliphatic hydroxyl groups is 1. The fourth-order valence-corrected chi connectivity index (χ4v) is 1.52. The molecule has 0 aliphatic carbocycles. The summed E-state index contributed by atoms with van der Waals surface area (Å²) in [6.07, 6.45) is -5.47. The molecule has 1 aromatic heterocycles. The van der Waals surface area contributed by atoms with Crippen LogP contribution in [0.1, 0.15) is 32.4 Å². The van der Waals surface area contributed by atoms with Crippen molar-refractivity contribution in [1.82, 2.24) is 14.8 Å². The molecule has 16 heavy (non-hydrogen) atoms. The maximum atomic E-state index is 12.3. The van der Waals surface area contributed by atoms with E-state index in [1.807, 2.05) is 0 Å². The lowest BCUT2D eigenvalue weighted by Crippen LogP contribution is -2.28. The molecular weight excluding hydrogens is 223 g/mol. The second-order valence-corrected chi connectivity index (χ2v) is 4.49. The SMILES string of the molecule is CC(C)(C)n1c(CO)nnc1CC(F)(F)F. The molecule has 4 nitrogen and oxygen atoms in total. The molecule has 0 saturated heterocycles. The zero-order valence-electron chi connectivity index (χ0n) is 9.34. The second kappa shape index (κ2) is 4.04. The van der Waals surface area contributed by atoms with Crippen molar-refractivity contribution in [2.24, 2.45) is 0 Å². The van der Waals surface area contributed by atoms with Crippen LogP contribution >= 0.6 is 0 Å². The average Bonchev–Trinajstić information content (AvgIpc) is 2.43. The van der Waals surface area contributed by atoms with E-state index in [9.17, 15) is 13.2 Å². The maximum Gasteiger partial charge on any atom is 0.396 e. The number of hydrogen-bond acceptors (Lipinski definition) is 3. The molecule has 0 bridgehead atoms. The normalized spacial score (nSPS) is 13.2. The summed E-state index contributed by atoms with van der Waals surface area (Å²) in [7, 11) is 0. The Morgan fingerprint density at radius 3 is 2.00 bits per heavy atom. The zero-order valence-corrected chi connectivity index (χ0v) is 9.34. The molecule has 1 rings (SSSR count). The summed E-state index contributed by atoms with van der Waals surface area (Å²) in [6.45, 7) is 4.77. The quantitative estimate of drug-likeness (QED) is 0.850. The Bertz CT molecular complexity index is 365. The zero-order chi connectivity index (χ0) is 12.6. The summed E-state index contributed by atoms with van der Waals surface area (Å²) in [5.41, 5.74) is -0.595. The first-order valence-corrected chi connectivity index (χ1v) is 4.76. The summed E-state index contributed by atoms with van der Waals surface area (Å²) in [5, 5.41) is 16.0. The third kappa shape index (κ3) is 2.94. The van der Waals surface area contributed by atoms with E-state index < -0.39 is 24.7 Å². The average molecular weight is 237 g/mol. The van der Waals surface area contributed by atoms with Gasteiger partial charge in [0.05, 0.1) is 0 Å². The van der Waals surface area contributed by atoms with E-state index in [1.165, 1.54) is 4.57 Å². The highest BCUT2D eigenvalue weighted by atomic mass is 19.4. The van der Waals surface area contributed by atoms with Crippen molar-refractivity contribution in [3.05, 3.63) is 11.6 Å². The van der Waals surface area contributed by atoms with Gasteiger partial charge in [-0.3, -0.25) is 0 Å². The monoisotopic (exact) mass is 237 g/mol. The van der Waals surface area contributed by atoms with Crippen LogP contribution < -0.4 is 0 Å². The number of nitrogens with zero attached hydrogens (tertiary/aromatic N) is 3. The Morgan fingerprint density at radius 1 is 1.12 bits per heavy atom. The Kier molecular flexibility index (Phi) is 3.27.